The highest BCUT2D eigenvalue weighted by Crippen LogP contribution is 2.25. The van der Waals surface area contributed by atoms with Gasteiger partial charge in [0.2, 0.25) is 0 Å². The summed E-state index contributed by atoms with van der Waals surface area (Å²) in [5.74, 6) is 5.76. The van der Waals surface area contributed by atoms with Gasteiger partial charge in [-0.3, -0.25) is 5.84 Å². The van der Waals surface area contributed by atoms with Crippen LogP contribution in [0.15, 0.2) is 42.5 Å². The Kier molecular flexibility index (Phi) is 3.80. The first-order valence-corrected chi connectivity index (χ1v) is 6.21. The van der Waals surface area contributed by atoms with Gasteiger partial charge in [-0.25, -0.2) is 5.43 Å². The lowest BCUT2D eigenvalue weighted by Crippen LogP contribution is -2.29. The van der Waals surface area contributed by atoms with Gasteiger partial charge in [-0.2, -0.15) is 0 Å². The molecule has 0 aliphatic carbocycles. The molecule has 0 aliphatic rings. The maximum atomic E-state index is 5.76. The number of hydrazine groups is 1. The third-order valence-corrected chi connectivity index (χ3v) is 3.24. The number of nitrogens with two attached hydrogens (primary N) is 1. The van der Waals surface area contributed by atoms with Gasteiger partial charge < -0.3 is 0 Å². The van der Waals surface area contributed by atoms with Crippen LogP contribution in [0.4, 0.5) is 0 Å². The van der Waals surface area contributed by atoms with Gasteiger partial charge in [0.15, 0.2) is 0 Å². The van der Waals surface area contributed by atoms with E-state index in [1.807, 2.05) is 6.07 Å². The van der Waals surface area contributed by atoms with Crippen molar-refractivity contribution >= 4 is 0 Å². The van der Waals surface area contributed by atoms with Crippen LogP contribution in [0.5, 0.6) is 0 Å². The number of nitrogens with one attached hydrogen (secondary N) is 1. The van der Waals surface area contributed by atoms with Crippen LogP contribution >= 0.6 is 0 Å². The third kappa shape index (κ3) is 2.61. The molecule has 1 atom stereocenters. The summed E-state index contributed by atoms with van der Waals surface area (Å²) in [5, 5.41) is 0. The van der Waals surface area contributed by atoms with Crippen LogP contribution in [0.3, 0.4) is 0 Å². The summed E-state index contributed by atoms with van der Waals surface area (Å²) in [6.45, 7) is 6.34. The summed E-state index contributed by atoms with van der Waals surface area (Å²) < 4.78 is 0. The molecule has 0 saturated carbocycles. The molecule has 18 heavy (non-hydrogen) atoms. The largest absolute Gasteiger partial charge is 0.271 e. The summed E-state index contributed by atoms with van der Waals surface area (Å²) in [6, 6.07) is 14.9. The number of hydrogen-bond donors (Lipinski definition) is 2. The minimum absolute atomic E-state index is 0.0461. The number of hydrogen-bond acceptors (Lipinski definition) is 2. The molecular formula is C16H20N2. The monoisotopic (exact) mass is 240 g/mol. The smallest absolute Gasteiger partial charge is 0.0712 e. The van der Waals surface area contributed by atoms with E-state index < -0.39 is 0 Å². The molecule has 0 aliphatic heterocycles. The second-order valence-corrected chi connectivity index (χ2v) is 4.88. The fourth-order valence-corrected chi connectivity index (χ4v) is 2.45. The number of benzene rings is 2. The fourth-order valence-electron chi connectivity index (χ4n) is 2.45. The minimum atomic E-state index is 0.0461. The predicted octanol–water partition coefficient (Wildman–Crippen LogP) is 3.16. The average molecular weight is 240 g/mol. The van der Waals surface area contributed by atoms with E-state index in [9.17, 15) is 0 Å². The predicted molar refractivity (Wildman–Crippen MR) is 76.3 cm³/mol. The zero-order valence-electron chi connectivity index (χ0n) is 11.2. The topological polar surface area (TPSA) is 38.0 Å². The van der Waals surface area contributed by atoms with E-state index in [0.29, 0.717) is 0 Å². The first kappa shape index (κ1) is 12.8. The molecule has 2 aromatic carbocycles. The van der Waals surface area contributed by atoms with Crippen LogP contribution in [0.2, 0.25) is 0 Å². The van der Waals surface area contributed by atoms with Crippen LogP contribution < -0.4 is 11.3 Å². The van der Waals surface area contributed by atoms with Crippen molar-refractivity contribution in [2.45, 2.75) is 26.8 Å². The third-order valence-electron chi connectivity index (χ3n) is 3.24. The van der Waals surface area contributed by atoms with Gasteiger partial charge in [0, 0.05) is 0 Å². The van der Waals surface area contributed by atoms with E-state index in [0.717, 1.165) is 0 Å². The maximum Gasteiger partial charge on any atom is 0.0712 e. The lowest BCUT2D eigenvalue weighted by Gasteiger charge is -2.20. The van der Waals surface area contributed by atoms with E-state index in [4.69, 9.17) is 5.84 Å². The average Bonchev–Trinajstić information content (AvgIpc) is 2.31. The Morgan fingerprint density at radius 3 is 2.11 bits per heavy atom. The van der Waals surface area contributed by atoms with E-state index in [2.05, 4.69) is 62.6 Å². The van der Waals surface area contributed by atoms with Crippen LogP contribution in [0.25, 0.3) is 0 Å². The van der Waals surface area contributed by atoms with Crippen molar-refractivity contribution < 1.29 is 0 Å². The summed E-state index contributed by atoms with van der Waals surface area (Å²) in [5.41, 5.74) is 9.14. The van der Waals surface area contributed by atoms with Crippen LogP contribution in [-0.2, 0) is 0 Å². The van der Waals surface area contributed by atoms with Gasteiger partial charge in [-0.1, -0.05) is 53.6 Å². The summed E-state index contributed by atoms with van der Waals surface area (Å²) in [6.07, 6.45) is 0. The summed E-state index contributed by atoms with van der Waals surface area (Å²) in [7, 11) is 0. The van der Waals surface area contributed by atoms with Crippen LogP contribution in [-0.4, -0.2) is 0 Å². The van der Waals surface area contributed by atoms with Crippen molar-refractivity contribution in [2.75, 3.05) is 0 Å². The van der Waals surface area contributed by atoms with Crippen LogP contribution in [0.1, 0.15) is 33.9 Å². The molecule has 0 aromatic heterocycles. The van der Waals surface area contributed by atoms with Gasteiger partial charge in [0.25, 0.3) is 0 Å². The van der Waals surface area contributed by atoms with Gasteiger partial charge in [0.05, 0.1) is 6.04 Å². The lowest BCUT2D eigenvalue weighted by molar-refractivity contribution is 0.633. The highest BCUT2D eigenvalue weighted by atomic mass is 15.2. The lowest BCUT2D eigenvalue weighted by atomic mass is 9.93. The fraction of sp³-hybridized carbons (Fsp3) is 0.250. The molecule has 0 bridgehead atoms. The second-order valence-electron chi connectivity index (χ2n) is 4.88. The molecular weight excluding hydrogens is 220 g/mol. The Balaban J connectivity index is 2.48. The Bertz CT molecular complexity index is 526. The molecule has 0 spiro atoms. The second kappa shape index (κ2) is 5.34. The maximum absolute atomic E-state index is 5.76. The van der Waals surface area contributed by atoms with Gasteiger partial charge in [-0.15, -0.1) is 0 Å². The molecule has 0 saturated heterocycles. The summed E-state index contributed by atoms with van der Waals surface area (Å²) >= 11 is 0. The van der Waals surface area contributed by atoms with Gasteiger partial charge in [-0.05, 0) is 37.5 Å². The Labute approximate surface area is 109 Å². The normalized spacial score (nSPS) is 12.4. The van der Waals surface area contributed by atoms with Crippen molar-refractivity contribution in [1.29, 1.82) is 0 Å². The quantitative estimate of drug-likeness (QED) is 0.639. The van der Waals surface area contributed by atoms with Crippen molar-refractivity contribution in [3.05, 3.63) is 70.3 Å². The SMILES string of the molecule is Cc1cc(C)cc(C(NN)c2ccccc2C)c1. The molecule has 0 radical (unpaired) electrons. The highest BCUT2D eigenvalue weighted by molar-refractivity contribution is 5.39. The highest BCUT2D eigenvalue weighted by Gasteiger charge is 2.14. The van der Waals surface area contributed by atoms with Gasteiger partial charge in [0.1, 0.15) is 0 Å². The number of rotatable bonds is 3. The van der Waals surface area contributed by atoms with E-state index in [1.54, 1.807) is 0 Å². The molecule has 3 N–H and O–H groups in total. The molecule has 0 heterocycles. The Morgan fingerprint density at radius 1 is 0.944 bits per heavy atom. The van der Waals surface area contributed by atoms with Crippen molar-refractivity contribution in [3.63, 3.8) is 0 Å². The number of aryl methyl sites for hydroxylation is 3. The van der Waals surface area contributed by atoms with Crippen molar-refractivity contribution in [1.82, 2.24) is 5.43 Å². The Morgan fingerprint density at radius 2 is 1.56 bits per heavy atom. The zero-order chi connectivity index (χ0) is 13.1. The van der Waals surface area contributed by atoms with E-state index in [1.165, 1.54) is 27.8 Å². The molecule has 2 rings (SSSR count). The minimum Gasteiger partial charge on any atom is -0.271 e. The van der Waals surface area contributed by atoms with E-state index in [-0.39, 0.29) is 6.04 Å². The molecule has 1 unspecified atom stereocenters. The molecule has 2 aromatic rings. The van der Waals surface area contributed by atoms with E-state index >= 15 is 0 Å². The first-order valence-electron chi connectivity index (χ1n) is 6.21. The Hall–Kier alpha value is -1.64. The van der Waals surface area contributed by atoms with Crippen molar-refractivity contribution in [2.24, 2.45) is 5.84 Å². The molecule has 2 heteroatoms. The molecule has 0 amide bonds. The first-order chi connectivity index (χ1) is 8.61. The zero-order valence-corrected chi connectivity index (χ0v) is 11.2. The van der Waals surface area contributed by atoms with Gasteiger partial charge >= 0.3 is 0 Å². The molecule has 94 valence electrons. The molecule has 0 fully saturated rings. The summed E-state index contributed by atoms with van der Waals surface area (Å²) in [4.78, 5) is 0. The molecule has 2 nitrogen and oxygen atoms in total. The van der Waals surface area contributed by atoms with Crippen LogP contribution in [0, 0.1) is 20.8 Å². The van der Waals surface area contributed by atoms with Crippen molar-refractivity contribution in [3.8, 4) is 0 Å². The standard InChI is InChI=1S/C16H20N2/c1-11-8-12(2)10-14(9-11)16(18-17)15-7-5-4-6-13(15)3/h4-10,16,18H,17H2,1-3H3.